The van der Waals surface area contributed by atoms with Gasteiger partial charge < -0.3 is 20.3 Å². The molecule has 1 saturated carbocycles. The molecule has 2 aromatic carbocycles. The zero-order chi connectivity index (χ0) is 25.9. The smallest absolute Gasteiger partial charge is 0.342 e. The monoisotopic (exact) mass is 501 g/mol. The van der Waals surface area contributed by atoms with Gasteiger partial charge in [0.1, 0.15) is 17.3 Å². The average molecular weight is 502 g/mol. The third kappa shape index (κ3) is 5.25. The van der Waals surface area contributed by atoms with E-state index in [0.717, 1.165) is 31.4 Å². The van der Waals surface area contributed by atoms with Gasteiger partial charge >= 0.3 is 6.03 Å². The summed E-state index contributed by atoms with van der Waals surface area (Å²) in [7, 11) is 1.78. The number of aromatic hydroxyl groups is 1. The van der Waals surface area contributed by atoms with E-state index in [9.17, 15) is 19.1 Å². The number of phenolic OH excluding ortho intramolecular Hbond substituents is 1. The van der Waals surface area contributed by atoms with Crippen LogP contribution in [0.25, 0.3) is 11.3 Å². The fourth-order valence-electron chi connectivity index (χ4n) is 4.82. The molecule has 37 heavy (non-hydrogen) atoms. The summed E-state index contributed by atoms with van der Waals surface area (Å²) in [6, 6.07) is 15.8. The molecule has 4 aromatic rings. The van der Waals surface area contributed by atoms with Gasteiger partial charge in [-0.3, -0.25) is 4.79 Å². The molecule has 0 saturated heterocycles. The summed E-state index contributed by atoms with van der Waals surface area (Å²) < 4.78 is 16.6. The number of aryl methyl sites for hydroxylation is 1. The Morgan fingerprint density at radius 1 is 1.08 bits per heavy atom. The molecule has 0 spiro atoms. The molecule has 0 atom stereocenters. The van der Waals surface area contributed by atoms with Crippen LogP contribution < -0.4 is 10.6 Å². The van der Waals surface area contributed by atoms with E-state index >= 15 is 0 Å². The second-order valence-electron chi connectivity index (χ2n) is 9.33. The van der Waals surface area contributed by atoms with Crippen LogP contribution in [0.4, 0.5) is 14.9 Å². The number of aromatic nitrogens is 3. The van der Waals surface area contributed by atoms with Gasteiger partial charge in [-0.2, -0.15) is 9.78 Å². The largest absolute Gasteiger partial charge is 0.507 e. The molecule has 2 aromatic heterocycles. The number of halogens is 1. The summed E-state index contributed by atoms with van der Waals surface area (Å²) in [4.78, 5) is 25.6. The number of phenols is 1. The number of nitrogens with zero attached hydrogens (tertiary/aromatic N) is 3. The molecule has 1 aliphatic carbocycles. The van der Waals surface area contributed by atoms with E-state index in [1.807, 2.05) is 6.07 Å². The Morgan fingerprint density at radius 3 is 2.59 bits per heavy atom. The number of anilines is 1. The lowest BCUT2D eigenvalue weighted by Gasteiger charge is -2.12. The number of amides is 2. The lowest BCUT2D eigenvalue weighted by atomic mass is 10.0. The maximum atomic E-state index is 13.5. The van der Waals surface area contributed by atoms with Crippen molar-refractivity contribution >= 4 is 17.6 Å². The molecule has 9 heteroatoms. The highest BCUT2D eigenvalue weighted by atomic mass is 19.1. The van der Waals surface area contributed by atoms with Crippen LogP contribution in [0.15, 0.2) is 66.9 Å². The number of carbonyl (C=O) groups is 2. The van der Waals surface area contributed by atoms with Gasteiger partial charge in [-0.05, 0) is 60.9 Å². The van der Waals surface area contributed by atoms with Crippen molar-refractivity contribution < 1.29 is 19.1 Å². The van der Waals surface area contributed by atoms with Gasteiger partial charge in [-0.25, -0.2) is 9.18 Å². The first-order valence-electron chi connectivity index (χ1n) is 12.3. The zero-order valence-electron chi connectivity index (χ0n) is 20.4. The fraction of sp³-hybridized carbons (Fsp3) is 0.250. The molecular formula is C28H28FN5O3. The lowest BCUT2D eigenvalue weighted by Crippen LogP contribution is -2.30. The number of benzene rings is 2. The van der Waals surface area contributed by atoms with Crippen LogP contribution in [-0.4, -0.2) is 31.4 Å². The van der Waals surface area contributed by atoms with Gasteiger partial charge in [0.15, 0.2) is 0 Å². The number of carbonyl (C=O) groups excluding carboxylic acids is 2. The van der Waals surface area contributed by atoms with Crippen LogP contribution in [0, 0.1) is 5.82 Å². The summed E-state index contributed by atoms with van der Waals surface area (Å²) >= 11 is 0. The van der Waals surface area contributed by atoms with Gasteiger partial charge in [0.05, 0.1) is 11.4 Å². The Balaban J connectivity index is 1.38. The second kappa shape index (κ2) is 10.3. The van der Waals surface area contributed by atoms with Crippen molar-refractivity contribution in [3.05, 3.63) is 89.6 Å². The second-order valence-corrected chi connectivity index (χ2v) is 9.33. The zero-order valence-corrected chi connectivity index (χ0v) is 20.4. The van der Waals surface area contributed by atoms with Crippen LogP contribution in [-0.2, 0) is 13.6 Å². The van der Waals surface area contributed by atoms with Crippen molar-refractivity contribution in [3.8, 4) is 17.0 Å². The van der Waals surface area contributed by atoms with Gasteiger partial charge in [-0.1, -0.05) is 25.0 Å². The summed E-state index contributed by atoms with van der Waals surface area (Å²) in [5.41, 5.74) is 3.27. The van der Waals surface area contributed by atoms with Gasteiger partial charge in [0.2, 0.25) is 0 Å². The third-order valence-corrected chi connectivity index (χ3v) is 6.74. The third-order valence-electron chi connectivity index (χ3n) is 6.74. The SMILES string of the molecule is Cn1cccc1C(=O)Nc1ccc(-c2cc(C3CCCC3)n(C(=O)NCc3cccc(F)c3)n2)c(O)c1. The molecule has 2 amide bonds. The van der Waals surface area contributed by atoms with Crippen LogP contribution >= 0.6 is 0 Å². The van der Waals surface area contributed by atoms with E-state index in [-0.39, 0.29) is 29.9 Å². The van der Waals surface area contributed by atoms with Crippen LogP contribution in [0.3, 0.4) is 0 Å². The minimum atomic E-state index is -0.414. The summed E-state index contributed by atoms with van der Waals surface area (Å²) in [5.74, 6) is -0.527. The predicted molar refractivity (Wildman–Crippen MR) is 138 cm³/mol. The van der Waals surface area contributed by atoms with E-state index in [1.54, 1.807) is 54.2 Å². The van der Waals surface area contributed by atoms with E-state index in [2.05, 4.69) is 15.7 Å². The minimum absolute atomic E-state index is 0.0625. The lowest BCUT2D eigenvalue weighted by molar-refractivity contribution is 0.101. The Bertz CT molecular complexity index is 1450. The number of hydrogen-bond donors (Lipinski definition) is 3. The Morgan fingerprint density at radius 2 is 1.89 bits per heavy atom. The van der Waals surface area contributed by atoms with Crippen molar-refractivity contribution in [2.75, 3.05) is 5.32 Å². The number of hydrogen-bond acceptors (Lipinski definition) is 4. The van der Waals surface area contributed by atoms with E-state index < -0.39 is 6.03 Å². The van der Waals surface area contributed by atoms with E-state index in [4.69, 9.17) is 0 Å². The molecule has 1 fully saturated rings. The van der Waals surface area contributed by atoms with Gasteiger partial charge in [0.25, 0.3) is 5.91 Å². The Labute approximate surface area is 213 Å². The molecule has 0 aliphatic heterocycles. The van der Waals surface area contributed by atoms with E-state index in [1.165, 1.54) is 22.9 Å². The maximum Gasteiger partial charge on any atom is 0.342 e. The van der Waals surface area contributed by atoms with Crippen molar-refractivity contribution in [2.24, 2.45) is 7.05 Å². The van der Waals surface area contributed by atoms with E-state index in [0.29, 0.717) is 28.2 Å². The first-order chi connectivity index (χ1) is 17.9. The van der Waals surface area contributed by atoms with Crippen molar-refractivity contribution in [2.45, 2.75) is 38.1 Å². The minimum Gasteiger partial charge on any atom is -0.507 e. The highest BCUT2D eigenvalue weighted by Gasteiger charge is 2.26. The van der Waals surface area contributed by atoms with Crippen LogP contribution in [0.1, 0.15) is 53.3 Å². The number of nitrogens with one attached hydrogen (secondary N) is 2. The Hall–Kier alpha value is -4.40. The predicted octanol–water partition coefficient (Wildman–Crippen LogP) is 5.40. The highest BCUT2D eigenvalue weighted by Crippen LogP contribution is 2.38. The molecule has 0 bridgehead atoms. The standard InChI is InChI=1S/C28H28FN5O3/c1-33-13-5-10-24(33)27(36)31-21-11-12-22(26(35)15-21)23-16-25(19-7-2-3-8-19)34(32-23)28(37)30-17-18-6-4-9-20(29)14-18/h4-6,9-16,19,35H,2-3,7-8,17H2,1H3,(H,30,37)(H,31,36). The van der Waals surface area contributed by atoms with Crippen molar-refractivity contribution in [3.63, 3.8) is 0 Å². The summed E-state index contributed by atoms with van der Waals surface area (Å²) in [6.07, 6.45) is 5.85. The number of rotatable bonds is 6. The molecule has 2 heterocycles. The highest BCUT2D eigenvalue weighted by molar-refractivity contribution is 6.03. The normalized spacial score (nSPS) is 13.6. The Kier molecular flexibility index (Phi) is 6.76. The van der Waals surface area contributed by atoms with Gasteiger partial charge in [-0.15, -0.1) is 0 Å². The summed E-state index contributed by atoms with van der Waals surface area (Å²) in [6.45, 7) is 0.163. The van der Waals surface area contributed by atoms with Crippen LogP contribution in [0.2, 0.25) is 0 Å². The molecule has 5 rings (SSSR count). The van der Waals surface area contributed by atoms with Crippen molar-refractivity contribution in [1.29, 1.82) is 0 Å². The van der Waals surface area contributed by atoms with Gasteiger partial charge in [0, 0.05) is 43.0 Å². The molecule has 3 N–H and O–H groups in total. The quantitative estimate of drug-likeness (QED) is 0.329. The first-order valence-corrected chi connectivity index (χ1v) is 12.3. The first kappa shape index (κ1) is 24.3. The molecule has 8 nitrogen and oxygen atoms in total. The molecular weight excluding hydrogens is 473 g/mol. The molecule has 0 radical (unpaired) electrons. The van der Waals surface area contributed by atoms with Crippen LogP contribution in [0.5, 0.6) is 5.75 Å². The maximum absolute atomic E-state index is 13.5. The molecule has 0 unspecified atom stereocenters. The van der Waals surface area contributed by atoms with Crippen molar-refractivity contribution in [1.82, 2.24) is 19.7 Å². The fourth-order valence-corrected chi connectivity index (χ4v) is 4.82. The average Bonchev–Trinajstić information content (AvgIpc) is 3.63. The molecule has 190 valence electrons. The topological polar surface area (TPSA) is 101 Å². The molecule has 1 aliphatic rings. The summed E-state index contributed by atoms with van der Waals surface area (Å²) in [5, 5.41) is 20.9.